The highest BCUT2D eigenvalue weighted by Gasteiger charge is 2.28. The molecule has 1 aromatic carbocycles. The lowest BCUT2D eigenvalue weighted by Crippen LogP contribution is -2.44. The van der Waals surface area contributed by atoms with E-state index in [-0.39, 0.29) is 12.5 Å². The lowest BCUT2D eigenvalue weighted by atomic mass is 10.2. The summed E-state index contributed by atoms with van der Waals surface area (Å²) in [7, 11) is 1.56. The molecule has 6 heteroatoms. The number of amides is 1. The van der Waals surface area contributed by atoms with Crippen LogP contribution in [-0.4, -0.2) is 39.1 Å². The number of ether oxygens (including phenoxy) is 3. The average Bonchev–Trinajstić information content (AvgIpc) is 2.41. The molecule has 0 aliphatic carbocycles. The Hall–Kier alpha value is -1.11. The lowest BCUT2D eigenvalue weighted by molar-refractivity contribution is -0.129. The fraction of sp³-hybridized carbons (Fsp3) is 0.462. The van der Waals surface area contributed by atoms with Crippen molar-refractivity contribution < 1.29 is 19.0 Å². The van der Waals surface area contributed by atoms with Gasteiger partial charge < -0.3 is 19.1 Å². The molecule has 0 bridgehead atoms. The molecule has 0 saturated heterocycles. The van der Waals surface area contributed by atoms with Gasteiger partial charge in [0.15, 0.2) is 12.9 Å². The summed E-state index contributed by atoms with van der Waals surface area (Å²) in [6.45, 7) is 2.80. The van der Waals surface area contributed by atoms with Crippen molar-refractivity contribution in [2.24, 2.45) is 0 Å². The van der Waals surface area contributed by atoms with Crippen LogP contribution in [0, 0.1) is 0 Å². The van der Waals surface area contributed by atoms with E-state index in [0.717, 1.165) is 10.2 Å². The lowest BCUT2D eigenvalue weighted by Gasteiger charge is -2.31. The normalized spacial score (nSPS) is 15.9. The highest BCUT2D eigenvalue weighted by Crippen LogP contribution is 2.34. The molecule has 1 aliphatic rings. The van der Waals surface area contributed by atoms with Crippen LogP contribution in [0.4, 0.5) is 5.69 Å². The number of carbonyl (C=O) groups excluding carboxylic acids is 1. The summed E-state index contributed by atoms with van der Waals surface area (Å²) in [6.07, 6.45) is -0.441. The summed E-state index contributed by atoms with van der Waals surface area (Å²) in [5, 5.41) is 0. The monoisotopic (exact) mass is 329 g/mol. The van der Waals surface area contributed by atoms with Gasteiger partial charge in [-0.05, 0) is 25.1 Å². The first-order chi connectivity index (χ1) is 9.15. The Kier molecular flexibility index (Phi) is 4.79. The van der Waals surface area contributed by atoms with Crippen LogP contribution in [0.2, 0.25) is 0 Å². The van der Waals surface area contributed by atoms with E-state index in [1.165, 1.54) is 0 Å². The molecular formula is C13H16BrNO4. The molecule has 0 N–H and O–H groups in total. The van der Waals surface area contributed by atoms with Gasteiger partial charge in [0.25, 0.3) is 5.91 Å². The Morgan fingerprint density at radius 3 is 3.00 bits per heavy atom. The van der Waals surface area contributed by atoms with Crippen LogP contribution in [0.3, 0.4) is 0 Å². The van der Waals surface area contributed by atoms with E-state index in [1.54, 1.807) is 12.0 Å². The molecular weight excluding hydrogens is 314 g/mol. The Labute approximate surface area is 120 Å². The van der Waals surface area contributed by atoms with E-state index in [9.17, 15) is 4.79 Å². The summed E-state index contributed by atoms with van der Waals surface area (Å²) in [5.74, 6) is 0.580. The number of rotatable bonds is 5. The minimum Gasteiger partial charge on any atom is -0.482 e. The minimum atomic E-state index is -0.441. The van der Waals surface area contributed by atoms with E-state index in [2.05, 4.69) is 15.9 Å². The minimum absolute atomic E-state index is 0.0337. The zero-order valence-corrected chi connectivity index (χ0v) is 12.5. The maximum Gasteiger partial charge on any atom is 0.265 e. The van der Waals surface area contributed by atoms with Crippen molar-refractivity contribution in [1.82, 2.24) is 0 Å². The number of nitrogens with zero attached hydrogens (tertiary/aromatic N) is 1. The van der Waals surface area contributed by atoms with Crippen LogP contribution in [0.5, 0.6) is 5.75 Å². The van der Waals surface area contributed by atoms with Crippen LogP contribution in [0.1, 0.15) is 6.92 Å². The van der Waals surface area contributed by atoms with Crippen LogP contribution < -0.4 is 9.64 Å². The van der Waals surface area contributed by atoms with Gasteiger partial charge in [0.05, 0.1) is 12.2 Å². The zero-order valence-electron chi connectivity index (χ0n) is 10.9. The predicted octanol–water partition coefficient (Wildman–Crippen LogP) is 2.18. The number of anilines is 1. The second kappa shape index (κ2) is 6.36. The highest BCUT2D eigenvalue weighted by molar-refractivity contribution is 9.10. The molecule has 0 fully saturated rings. The van der Waals surface area contributed by atoms with Crippen LogP contribution in [0.15, 0.2) is 22.7 Å². The van der Waals surface area contributed by atoms with Gasteiger partial charge in [0.2, 0.25) is 0 Å². The molecule has 1 heterocycles. The van der Waals surface area contributed by atoms with Gasteiger partial charge in [-0.3, -0.25) is 4.79 Å². The molecule has 0 aromatic heterocycles. The van der Waals surface area contributed by atoms with Crippen molar-refractivity contribution >= 4 is 27.5 Å². The molecule has 5 nitrogen and oxygen atoms in total. The molecule has 19 heavy (non-hydrogen) atoms. The van der Waals surface area contributed by atoms with Gasteiger partial charge in [-0.1, -0.05) is 15.9 Å². The summed E-state index contributed by atoms with van der Waals surface area (Å²) < 4.78 is 17.0. The van der Waals surface area contributed by atoms with Gasteiger partial charge in [-0.25, -0.2) is 0 Å². The van der Waals surface area contributed by atoms with E-state index < -0.39 is 6.29 Å². The molecule has 104 valence electrons. The molecule has 2 rings (SSSR count). The molecule has 1 unspecified atom stereocenters. The fourth-order valence-electron chi connectivity index (χ4n) is 1.91. The van der Waals surface area contributed by atoms with Crippen LogP contribution in [0.25, 0.3) is 0 Å². The average molecular weight is 330 g/mol. The smallest absolute Gasteiger partial charge is 0.265 e. The standard InChI is InChI=1S/C13H16BrNO4/c1-3-18-13(17-2)7-15-10-5-4-9(14)6-11(10)19-8-12(15)16/h4-6,13H,3,7-8H2,1-2H3. The van der Waals surface area contributed by atoms with Crippen molar-refractivity contribution in [3.63, 3.8) is 0 Å². The zero-order chi connectivity index (χ0) is 13.8. The number of halogens is 1. The first-order valence-corrected chi connectivity index (χ1v) is 6.82. The quantitative estimate of drug-likeness (QED) is 0.777. The number of benzene rings is 1. The summed E-state index contributed by atoms with van der Waals surface area (Å²) in [4.78, 5) is 13.6. The number of hydrogen-bond donors (Lipinski definition) is 0. The van der Waals surface area contributed by atoms with Gasteiger partial charge in [-0.15, -0.1) is 0 Å². The molecule has 0 radical (unpaired) electrons. The second-order valence-corrected chi connectivity index (χ2v) is 4.94. The first-order valence-electron chi connectivity index (χ1n) is 6.02. The SMILES string of the molecule is CCOC(CN1C(=O)COc2cc(Br)ccc21)OC. The third kappa shape index (κ3) is 3.26. The molecule has 1 aromatic rings. The summed E-state index contributed by atoms with van der Waals surface area (Å²) >= 11 is 3.38. The Balaban J connectivity index is 2.22. The fourth-order valence-corrected chi connectivity index (χ4v) is 2.25. The Bertz CT molecular complexity index is 466. The van der Waals surface area contributed by atoms with Crippen molar-refractivity contribution in [3.05, 3.63) is 22.7 Å². The van der Waals surface area contributed by atoms with E-state index in [4.69, 9.17) is 14.2 Å². The maximum atomic E-state index is 12.0. The van der Waals surface area contributed by atoms with Crippen molar-refractivity contribution in [1.29, 1.82) is 0 Å². The Morgan fingerprint density at radius 1 is 1.53 bits per heavy atom. The van der Waals surface area contributed by atoms with Gasteiger partial charge in [0.1, 0.15) is 5.75 Å². The van der Waals surface area contributed by atoms with Gasteiger partial charge >= 0.3 is 0 Å². The highest BCUT2D eigenvalue weighted by atomic mass is 79.9. The van der Waals surface area contributed by atoms with Crippen molar-refractivity contribution in [2.45, 2.75) is 13.2 Å². The third-order valence-corrected chi connectivity index (χ3v) is 3.31. The van der Waals surface area contributed by atoms with E-state index in [0.29, 0.717) is 18.9 Å². The van der Waals surface area contributed by atoms with Crippen LogP contribution >= 0.6 is 15.9 Å². The molecule has 1 atom stereocenters. The van der Waals surface area contributed by atoms with Gasteiger partial charge in [0, 0.05) is 18.2 Å². The van der Waals surface area contributed by atoms with Crippen molar-refractivity contribution in [2.75, 3.05) is 31.8 Å². The predicted molar refractivity (Wildman–Crippen MR) is 74.4 cm³/mol. The largest absolute Gasteiger partial charge is 0.482 e. The number of hydrogen-bond acceptors (Lipinski definition) is 4. The first kappa shape index (κ1) is 14.3. The van der Waals surface area contributed by atoms with E-state index in [1.807, 2.05) is 25.1 Å². The molecule has 1 aliphatic heterocycles. The second-order valence-electron chi connectivity index (χ2n) is 4.03. The molecule has 0 spiro atoms. The molecule has 1 amide bonds. The topological polar surface area (TPSA) is 48.0 Å². The van der Waals surface area contributed by atoms with Gasteiger partial charge in [-0.2, -0.15) is 0 Å². The van der Waals surface area contributed by atoms with Crippen LogP contribution in [-0.2, 0) is 14.3 Å². The number of carbonyl (C=O) groups is 1. The number of methoxy groups -OCH3 is 1. The summed E-state index contributed by atoms with van der Waals surface area (Å²) in [6, 6.07) is 5.56. The third-order valence-electron chi connectivity index (χ3n) is 2.81. The summed E-state index contributed by atoms with van der Waals surface area (Å²) in [5.41, 5.74) is 0.737. The van der Waals surface area contributed by atoms with Crippen molar-refractivity contribution in [3.8, 4) is 5.75 Å². The number of fused-ring (bicyclic) bond motifs is 1. The van der Waals surface area contributed by atoms with E-state index >= 15 is 0 Å². The maximum absolute atomic E-state index is 12.0. The molecule has 0 saturated carbocycles. The Morgan fingerprint density at radius 2 is 2.32 bits per heavy atom.